The highest BCUT2D eigenvalue weighted by Gasteiger charge is 2.40. The Hall–Kier alpha value is -10.2. The molecule has 6 unspecified atom stereocenters. The summed E-state index contributed by atoms with van der Waals surface area (Å²) in [6, 6.07) is -9.10. The lowest BCUT2D eigenvalue weighted by Gasteiger charge is -2.37. The van der Waals surface area contributed by atoms with Crippen LogP contribution < -0.4 is 75.1 Å². The van der Waals surface area contributed by atoms with E-state index < -0.39 is 213 Å². The molecule has 0 aliphatic carbocycles. The predicted octanol–water partition coefficient (Wildman–Crippen LogP) is -9.57. The summed E-state index contributed by atoms with van der Waals surface area (Å²) in [5.41, 5.74) is 9.28. The molecule has 3 heterocycles. The number of aliphatic carboxylic acids is 5. The van der Waals surface area contributed by atoms with E-state index in [2.05, 4.69) is 52.8 Å². The van der Waals surface area contributed by atoms with E-state index >= 15 is 0 Å². The molecule has 1 fully saturated rings. The molecule has 44 nitrogen and oxygen atoms in total. The number of aryl methyl sites for hydroxylation is 1. The van der Waals surface area contributed by atoms with E-state index in [1.807, 2.05) is 0 Å². The van der Waals surface area contributed by atoms with Gasteiger partial charge in [-0.3, -0.25) is 91.8 Å². The summed E-state index contributed by atoms with van der Waals surface area (Å²) in [7, 11) is 0. The molecular weight excluding hydrogens is 1490 g/mol. The zero-order valence-corrected chi connectivity index (χ0v) is 62.3. The van der Waals surface area contributed by atoms with Crippen molar-refractivity contribution in [2.24, 2.45) is 22.4 Å². The van der Waals surface area contributed by atoms with Crippen molar-refractivity contribution in [3.05, 3.63) is 49.5 Å². The number of carbonyl (C=O) groups is 13. The van der Waals surface area contributed by atoms with Crippen LogP contribution in [0.1, 0.15) is 114 Å². The topological polar surface area (TPSA) is 697 Å². The summed E-state index contributed by atoms with van der Waals surface area (Å²) >= 11 is 0. The minimum Gasteiger partial charge on any atom is -0.481 e. The van der Waals surface area contributed by atoms with Crippen LogP contribution in [0.25, 0.3) is 0 Å². The van der Waals surface area contributed by atoms with Crippen LogP contribution in [0.3, 0.4) is 0 Å². The SMILES string of the molecule is CC(C)C[C@H](NC(=O)[C@H](CC(=O)O)NC(=O)CNC(=O)[C@@H]1CCCN1c1c(NCCCc2cc3nc(c2)CN(C(CCC(=O)NCC(O)CO)C(=O)O)CCN(C(CCC(=O)NCC(O)CO)C(=O)O)CCN(C(CCC(=O)NCC(O)CO)C(=O)O)C3)c(=O)c1=O)C(=O)N[C@@H](CO)C(=O)N[C@@H](CCCN=C(N)N)C(=O)O. The Morgan fingerprint density at radius 3 is 1.46 bits per heavy atom. The average molecular weight is 1590 g/mol. The maximum absolute atomic E-state index is 13.9. The number of amides is 8. The number of nitrogens with zero attached hydrogens (tertiary/aromatic N) is 6. The number of guanidine groups is 1. The van der Waals surface area contributed by atoms with Gasteiger partial charge in [-0.25, -0.2) is 4.79 Å². The first-order chi connectivity index (χ1) is 53.0. The number of anilines is 2. The van der Waals surface area contributed by atoms with Crippen molar-refractivity contribution < 1.29 is 124 Å². The van der Waals surface area contributed by atoms with Crippen molar-refractivity contribution in [2.75, 3.05) is 109 Å². The number of aromatic nitrogens is 1. The molecule has 0 radical (unpaired) electrons. The highest BCUT2D eigenvalue weighted by molar-refractivity contribution is 5.97. The third-order valence-corrected chi connectivity index (χ3v) is 18.3. The molecule has 2 bridgehead atoms. The molecule has 112 heavy (non-hydrogen) atoms. The van der Waals surface area contributed by atoms with Crippen molar-refractivity contribution in [1.29, 1.82) is 0 Å². The number of nitrogens with two attached hydrogens (primary N) is 2. The third kappa shape index (κ3) is 31.9. The maximum atomic E-state index is 13.9. The molecule has 0 spiro atoms. The van der Waals surface area contributed by atoms with Crippen LogP contribution in [-0.4, -0.2) is 329 Å². The van der Waals surface area contributed by atoms with E-state index in [1.54, 1.807) is 26.0 Å². The van der Waals surface area contributed by atoms with Gasteiger partial charge in [-0.15, -0.1) is 0 Å². The van der Waals surface area contributed by atoms with Gasteiger partial charge >= 0.3 is 29.8 Å². The average Bonchev–Trinajstić information content (AvgIpc) is 1.45. The number of fused-ring (bicyclic) bond motifs is 2. The summed E-state index contributed by atoms with van der Waals surface area (Å²) in [4.78, 5) is 212. The van der Waals surface area contributed by atoms with Crippen molar-refractivity contribution in [1.82, 2.24) is 62.2 Å². The van der Waals surface area contributed by atoms with Crippen LogP contribution in [-0.2, 0) is 81.8 Å². The molecule has 4 rings (SSSR count). The van der Waals surface area contributed by atoms with E-state index in [1.165, 1.54) is 19.6 Å². The van der Waals surface area contributed by atoms with Crippen LogP contribution in [0.4, 0.5) is 11.4 Å². The van der Waals surface area contributed by atoms with Crippen LogP contribution in [0.15, 0.2) is 26.7 Å². The Morgan fingerprint density at radius 2 is 1.01 bits per heavy atom. The van der Waals surface area contributed by atoms with Gasteiger partial charge in [0.1, 0.15) is 59.7 Å². The number of carboxylic acids is 5. The second-order valence-corrected chi connectivity index (χ2v) is 27.5. The largest absolute Gasteiger partial charge is 0.481 e. The van der Waals surface area contributed by atoms with Gasteiger partial charge in [0.15, 0.2) is 5.96 Å². The van der Waals surface area contributed by atoms with E-state index in [0.717, 1.165) is 0 Å². The van der Waals surface area contributed by atoms with Crippen molar-refractivity contribution in [3.63, 3.8) is 0 Å². The van der Waals surface area contributed by atoms with Gasteiger partial charge in [0.2, 0.25) is 47.3 Å². The second-order valence-electron chi connectivity index (χ2n) is 27.5. The van der Waals surface area contributed by atoms with E-state index in [-0.39, 0.29) is 171 Å². The lowest BCUT2D eigenvalue weighted by Crippen LogP contribution is -2.59. The number of pyridine rings is 1. The highest BCUT2D eigenvalue weighted by Crippen LogP contribution is 2.30. The molecule has 626 valence electrons. The molecule has 11 atom stereocenters. The number of hydrogen-bond acceptors (Lipinski definition) is 29. The fourth-order valence-electron chi connectivity index (χ4n) is 12.4. The lowest BCUT2D eigenvalue weighted by atomic mass is 10.0. The molecule has 25 N–H and O–H groups in total. The molecule has 1 aromatic carbocycles. The lowest BCUT2D eigenvalue weighted by molar-refractivity contribution is -0.147. The Bertz CT molecular complexity index is 3550. The van der Waals surface area contributed by atoms with Gasteiger partial charge in [-0.05, 0) is 87.8 Å². The Balaban J connectivity index is 1.60. The van der Waals surface area contributed by atoms with E-state index in [4.69, 9.17) is 16.5 Å². The van der Waals surface area contributed by atoms with Gasteiger partial charge in [-0.1, -0.05) is 13.8 Å². The summed E-state index contributed by atoms with van der Waals surface area (Å²) in [6.07, 6.45) is -6.87. The van der Waals surface area contributed by atoms with Crippen LogP contribution >= 0.6 is 0 Å². The highest BCUT2D eigenvalue weighted by atomic mass is 16.4. The van der Waals surface area contributed by atoms with Crippen LogP contribution in [0, 0.1) is 5.92 Å². The normalized spacial score (nSPS) is 17.0. The number of hydrogen-bond donors (Lipinski definition) is 23. The zero-order valence-electron chi connectivity index (χ0n) is 62.3. The molecule has 1 aromatic heterocycles. The summed E-state index contributed by atoms with van der Waals surface area (Å²) in [5, 5.41) is 141. The molecule has 2 aliphatic rings. The van der Waals surface area contributed by atoms with Gasteiger partial charge in [-0.2, -0.15) is 0 Å². The number of nitrogens with one attached hydrogen (secondary N) is 9. The smallest absolute Gasteiger partial charge is 0.326 e. The summed E-state index contributed by atoms with van der Waals surface area (Å²) in [5.74, 6) is -15.3. The number of aliphatic hydroxyl groups excluding tert-OH is 7. The number of aliphatic hydroxyl groups is 7. The van der Waals surface area contributed by atoms with Gasteiger partial charge < -0.3 is 125 Å². The Morgan fingerprint density at radius 1 is 0.545 bits per heavy atom. The fourth-order valence-corrected chi connectivity index (χ4v) is 12.4. The Labute approximate surface area is 642 Å². The molecule has 44 heteroatoms. The molecule has 1 saturated heterocycles. The van der Waals surface area contributed by atoms with Crippen molar-refractivity contribution in [2.45, 2.75) is 183 Å². The first kappa shape index (κ1) is 94.2. The number of carboxylic acid groups (broad SMARTS) is 5. The minimum atomic E-state index is -1.88. The molecule has 0 saturated carbocycles. The molecule has 8 amide bonds. The predicted molar refractivity (Wildman–Crippen MR) is 393 cm³/mol. The number of carbonyl (C=O) groups excluding carboxylic acids is 8. The second kappa shape index (κ2) is 47.9. The molecular formula is C68H107N17O27. The number of rotatable bonds is 50. The Kier molecular flexibility index (Phi) is 40.3. The monoisotopic (exact) mass is 1590 g/mol. The van der Waals surface area contributed by atoms with Gasteiger partial charge in [0.25, 0.3) is 10.9 Å². The first-order valence-corrected chi connectivity index (χ1v) is 36.5. The maximum Gasteiger partial charge on any atom is 0.326 e. The van der Waals surface area contributed by atoms with Gasteiger partial charge in [0, 0.05) is 97.8 Å². The van der Waals surface area contributed by atoms with E-state index in [9.17, 15) is 133 Å². The number of aliphatic imine (C=N–C) groups is 1. The van der Waals surface area contributed by atoms with Crippen LogP contribution in [0.5, 0.6) is 0 Å². The van der Waals surface area contributed by atoms with E-state index in [0.29, 0.717) is 12.0 Å². The summed E-state index contributed by atoms with van der Waals surface area (Å²) in [6.45, 7) is -3.43. The fraction of sp³-hybridized carbons (Fsp3) is 0.662. The van der Waals surface area contributed by atoms with Crippen molar-refractivity contribution in [3.8, 4) is 0 Å². The molecule has 2 aromatic rings. The quantitative estimate of drug-likeness (QED) is 0.0127. The van der Waals surface area contributed by atoms with Crippen molar-refractivity contribution >= 4 is 94.4 Å². The molecule has 2 aliphatic heterocycles. The third-order valence-electron chi connectivity index (χ3n) is 18.3. The summed E-state index contributed by atoms with van der Waals surface area (Å²) < 4.78 is 0. The minimum absolute atomic E-state index is 0.0223. The van der Waals surface area contributed by atoms with Crippen LogP contribution in [0.2, 0.25) is 0 Å². The standard InChI is InChI=1S/C68H107N17O27/c1-36(2)22-44(60(101)81-46(35-89)62(103)79-43(64(105)106)7-4-16-72-68(69)70)80-61(102)45(25-55(97)98)78-54(96)29-76-63(104)47-8-5-17-85(47)57-56(58(99)59(57)100)71-15-3-6-37-23-38-30-83(49(66(109)110)10-13-52(94)74-27-41(91)33-87)20-18-82(48(65(107)108)9-12-51(93)73-26-40(90)32-86)19-21-84(31-39(24-37)77-38)50(67(111)112)11-14-53(95)75-28-42(92)34-88/h23-24,36,40-50,71,86-92H,3-22,25-35H2,1-2H3,(H,73,93)(H,74,94)(H,75,95)(H,76,104)(H,78,96)(H,79,103)(H,80,102)(H,81,101)(H,97,98)(H,105,106)(H,107,108)(H,109,110)(H,111,112)(H4,69,70,72)/t40?,41?,42?,43-,44-,45-,46-,47-,48?,49?,50?/m0/s1. The first-order valence-electron chi connectivity index (χ1n) is 36.5. The zero-order chi connectivity index (χ0) is 83.5. The van der Waals surface area contributed by atoms with Gasteiger partial charge in [0.05, 0.1) is 69.1 Å².